The highest BCUT2D eigenvalue weighted by Gasteiger charge is 2.35. The van der Waals surface area contributed by atoms with Crippen LogP contribution >= 0.6 is 0 Å². The number of rotatable bonds is 5. The van der Waals surface area contributed by atoms with E-state index in [1.165, 1.54) is 0 Å². The van der Waals surface area contributed by atoms with Gasteiger partial charge in [0.05, 0.1) is 13.2 Å². The van der Waals surface area contributed by atoms with Crippen molar-refractivity contribution in [3.8, 4) is 5.75 Å². The molecule has 1 saturated heterocycles. The summed E-state index contributed by atoms with van der Waals surface area (Å²) >= 11 is 0. The Morgan fingerprint density at radius 1 is 1.43 bits per heavy atom. The number of hydrogen-bond acceptors (Lipinski definition) is 3. The number of amides is 1. The summed E-state index contributed by atoms with van der Waals surface area (Å²) in [4.78, 5) is 14.6. The van der Waals surface area contributed by atoms with Crippen LogP contribution in [0.2, 0.25) is 0 Å². The first kappa shape index (κ1) is 15.6. The van der Waals surface area contributed by atoms with Crippen LogP contribution in [0.15, 0.2) is 30.3 Å². The van der Waals surface area contributed by atoms with E-state index in [2.05, 4.69) is 24.0 Å². The predicted octanol–water partition coefficient (Wildman–Crippen LogP) is 3.20. The molecule has 122 valence electrons. The number of methoxy groups -OCH3 is 1. The van der Waals surface area contributed by atoms with Gasteiger partial charge in [-0.2, -0.15) is 5.10 Å². The number of aromatic nitrogens is 2. The maximum absolute atomic E-state index is 12.7. The summed E-state index contributed by atoms with van der Waals surface area (Å²) < 4.78 is 5.27. The minimum Gasteiger partial charge on any atom is -0.497 e. The Morgan fingerprint density at radius 2 is 2.26 bits per heavy atom. The molecule has 23 heavy (non-hydrogen) atoms. The summed E-state index contributed by atoms with van der Waals surface area (Å²) in [7, 11) is 1.66. The quantitative estimate of drug-likeness (QED) is 0.922. The average molecular weight is 313 g/mol. The Bertz CT molecular complexity index is 693. The Kier molecular flexibility index (Phi) is 4.37. The number of carbonyl (C=O) groups excluding carboxylic acids is 1. The van der Waals surface area contributed by atoms with Gasteiger partial charge in [-0.1, -0.05) is 26.0 Å². The van der Waals surface area contributed by atoms with Crippen molar-refractivity contribution < 1.29 is 9.53 Å². The molecule has 1 amide bonds. The van der Waals surface area contributed by atoms with Gasteiger partial charge in [-0.05, 0) is 42.5 Å². The number of benzene rings is 1. The van der Waals surface area contributed by atoms with Crippen molar-refractivity contribution in [3.05, 3.63) is 47.3 Å². The molecule has 0 spiro atoms. The normalized spacial score (nSPS) is 17.2. The van der Waals surface area contributed by atoms with Crippen molar-refractivity contribution in [1.29, 1.82) is 0 Å². The number of likely N-dealkylation sites (tertiary alicyclic amines) is 1. The first-order valence-corrected chi connectivity index (χ1v) is 8.07. The summed E-state index contributed by atoms with van der Waals surface area (Å²) in [5, 5.41) is 7.17. The van der Waals surface area contributed by atoms with E-state index >= 15 is 0 Å². The number of H-pyrrole nitrogens is 1. The smallest absolute Gasteiger partial charge is 0.274 e. The Hall–Kier alpha value is -2.30. The highest BCUT2D eigenvalue weighted by molar-refractivity contribution is 5.93. The first-order valence-electron chi connectivity index (χ1n) is 8.07. The zero-order valence-electron chi connectivity index (χ0n) is 13.9. The molecule has 5 nitrogen and oxygen atoms in total. The van der Waals surface area contributed by atoms with Crippen LogP contribution in [0.25, 0.3) is 0 Å². The van der Waals surface area contributed by atoms with Crippen LogP contribution < -0.4 is 4.74 Å². The molecule has 1 aliphatic rings. The summed E-state index contributed by atoms with van der Waals surface area (Å²) in [5.41, 5.74) is 2.64. The number of ether oxygens (including phenoxy) is 1. The molecule has 2 aromatic rings. The van der Waals surface area contributed by atoms with Gasteiger partial charge in [0.15, 0.2) is 0 Å². The van der Waals surface area contributed by atoms with Crippen LogP contribution in [0.3, 0.4) is 0 Å². The number of nitrogens with one attached hydrogen (secondary N) is 1. The van der Waals surface area contributed by atoms with E-state index in [9.17, 15) is 4.79 Å². The van der Waals surface area contributed by atoms with Gasteiger partial charge in [-0.25, -0.2) is 0 Å². The van der Waals surface area contributed by atoms with Crippen molar-refractivity contribution in [3.63, 3.8) is 0 Å². The topological polar surface area (TPSA) is 58.2 Å². The number of carbonyl (C=O) groups is 1. The fourth-order valence-electron chi connectivity index (χ4n) is 2.99. The largest absolute Gasteiger partial charge is 0.497 e. The van der Waals surface area contributed by atoms with Crippen LogP contribution in [-0.2, 0) is 6.42 Å². The second kappa shape index (κ2) is 6.44. The molecule has 0 aliphatic carbocycles. The van der Waals surface area contributed by atoms with Crippen LogP contribution in [0, 0.1) is 5.92 Å². The summed E-state index contributed by atoms with van der Waals surface area (Å²) in [5.74, 6) is 1.35. The number of nitrogens with zero attached hydrogens (tertiary/aromatic N) is 2. The molecule has 1 atom stereocenters. The lowest BCUT2D eigenvalue weighted by atomic mass is 9.94. The molecule has 1 N–H and O–H groups in total. The monoisotopic (exact) mass is 313 g/mol. The van der Waals surface area contributed by atoms with Crippen LogP contribution in [-0.4, -0.2) is 34.7 Å². The number of aromatic amines is 1. The standard InChI is InChI=1S/C18H23N3O2/c1-12(2)9-14-11-16(20-19-14)18(22)21-8-7-17(21)13-5-4-6-15(10-13)23-3/h4-6,10-12,17H,7-9H2,1-3H3,(H,19,20)/t17-/m1/s1. The van der Waals surface area contributed by atoms with Gasteiger partial charge in [0, 0.05) is 12.2 Å². The van der Waals surface area contributed by atoms with Gasteiger partial charge in [-0.3, -0.25) is 9.89 Å². The van der Waals surface area contributed by atoms with Crippen LogP contribution in [0.4, 0.5) is 0 Å². The van der Waals surface area contributed by atoms with E-state index < -0.39 is 0 Å². The van der Waals surface area contributed by atoms with Crippen molar-refractivity contribution in [2.45, 2.75) is 32.7 Å². The fraction of sp³-hybridized carbons (Fsp3) is 0.444. The van der Waals surface area contributed by atoms with Crippen molar-refractivity contribution >= 4 is 5.91 Å². The SMILES string of the molecule is COc1cccc([C@H]2CCN2C(=O)c2cc(CC(C)C)[nH]n2)c1. The van der Waals surface area contributed by atoms with Gasteiger partial charge in [0.2, 0.25) is 0 Å². The number of hydrogen-bond donors (Lipinski definition) is 1. The molecular weight excluding hydrogens is 290 g/mol. The van der Waals surface area contributed by atoms with Crippen LogP contribution in [0.5, 0.6) is 5.75 Å². The average Bonchev–Trinajstić information content (AvgIpc) is 2.94. The third-order valence-corrected chi connectivity index (χ3v) is 4.24. The molecule has 1 aromatic heterocycles. The molecule has 5 heteroatoms. The lowest BCUT2D eigenvalue weighted by molar-refractivity contribution is 0.0453. The highest BCUT2D eigenvalue weighted by atomic mass is 16.5. The molecule has 2 heterocycles. The summed E-state index contributed by atoms with van der Waals surface area (Å²) in [6.45, 7) is 5.07. The second-order valence-corrected chi connectivity index (χ2v) is 6.46. The Morgan fingerprint density at radius 3 is 2.91 bits per heavy atom. The van der Waals surface area contributed by atoms with Crippen molar-refractivity contribution in [1.82, 2.24) is 15.1 Å². The molecule has 1 fully saturated rings. The fourth-order valence-corrected chi connectivity index (χ4v) is 2.99. The first-order chi connectivity index (χ1) is 11.1. The molecule has 0 bridgehead atoms. The Labute approximate surface area is 136 Å². The molecule has 0 saturated carbocycles. The van der Waals surface area contributed by atoms with E-state index in [0.717, 1.165) is 36.4 Å². The van der Waals surface area contributed by atoms with E-state index in [1.807, 2.05) is 35.2 Å². The van der Waals surface area contributed by atoms with Gasteiger partial charge in [0.1, 0.15) is 11.4 Å². The zero-order chi connectivity index (χ0) is 16.4. The van der Waals surface area contributed by atoms with Gasteiger partial charge >= 0.3 is 0 Å². The summed E-state index contributed by atoms with van der Waals surface area (Å²) in [6, 6.07) is 9.91. The zero-order valence-corrected chi connectivity index (χ0v) is 13.9. The molecule has 0 radical (unpaired) electrons. The van der Waals surface area contributed by atoms with Gasteiger partial charge in [0.25, 0.3) is 5.91 Å². The predicted molar refractivity (Wildman–Crippen MR) is 88.5 cm³/mol. The third kappa shape index (κ3) is 3.23. The maximum Gasteiger partial charge on any atom is 0.274 e. The van der Waals surface area contributed by atoms with Gasteiger partial charge in [-0.15, -0.1) is 0 Å². The van der Waals surface area contributed by atoms with E-state index in [1.54, 1.807) is 7.11 Å². The minimum atomic E-state index is -0.00433. The Balaban J connectivity index is 1.73. The summed E-state index contributed by atoms with van der Waals surface area (Å²) in [6.07, 6.45) is 1.88. The van der Waals surface area contributed by atoms with Crippen molar-refractivity contribution in [2.24, 2.45) is 5.92 Å². The second-order valence-electron chi connectivity index (χ2n) is 6.46. The molecule has 3 rings (SSSR count). The molecule has 1 aromatic carbocycles. The third-order valence-electron chi connectivity index (χ3n) is 4.24. The minimum absolute atomic E-state index is 0.00433. The highest BCUT2D eigenvalue weighted by Crippen LogP contribution is 2.35. The lowest BCUT2D eigenvalue weighted by Gasteiger charge is -2.41. The van der Waals surface area contributed by atoms with E-state index in [4.69, 9.17) is 4.74 Å². The van der Waals surface area contributed by atoms with E-state index in [0.29, 0.717) is 11.6 Å². The maximum atomic E-state index is 12.7. The molecule has 1 aliphatic heterocycles. The van der Waals surface area contributed by atoms with E-state index in [-0.39, 0.29) is 11.9 Å². The molecule has 0 unspecified atom stereocenters. The molecular formula is C18H23N3O2. The lowest BCUT2D eigenvalue weighted by Crippen LogP contribution is -2.45. The van der Waals surface area contributed by atoms with Crippen molar-refractivity contribution in [2.75, 3.05) is 13.7 Å². The van der Waals surface area contributed by atoms with Gasteiger partial charge < -0.3 is 9.64 Å². The van der Waals surface area contributed by atoms with Crippen LogP contribution in [0.1, 0.15) is 48.1 Å².